The number of anilines is 1. The predicted molar refractivity (Wildman–Crippen MR) is 117 cm³/mol. The number of nitrogens with zero attached hydrogens (tertiary/aromatic N) is 2. The molecule has 1 aliphatic heterocycles. The summed E-state index contributed by atoms with van der Waals surface area (Å²) >= 11 is 0. The Bertz CT molecular complexity index is 1160. The molecule has 1 aromatic heterocycles. The molecule has 160 valence electrons. The van der Waals surface area contributed by atoms with Gasteiger partial charge >= 0.3 is 6.03 Å². The van der Waals surface area contributed by atoms with Gasteiger partial charge in [0.2, 0.25) is 0 Å². The molecule has 4 rings (SSSR count). The number of aromatic nitrogens is 2. The van der Waals surface area contributed by atoms with Gasteiger partial charge in [0.05, 0.1) is 37.7 Å². The maximum atomic E-state index is 12.7. The lowest BCUT2D eigenvalue weighted by Gasteiger charge is -2.28. The number of methoxy groups -OCH3 is 2. The van der Waals surface area contributed by atoms with E-state index in [9.17, 15) is 9.59 Å². The van der Waals surface area contributed by atoms with Gasteiger partial charge in [0, 0.05) is 19.4 Å². The van der Waals surface area contributed by atoms with Crippen molar-refractivity contribution in [3.8, 4) is 11.5 Å². The summed E-state index contributed by atoms with van der Waals surface area (Å²) in [4.78, 5) is 34.6. The molecule has 0 saturated heterocycles. The van der Waals surface area contributed by atoms with E-state index in [0.29, 0.717) is 42.2 Å². The number of amides is 2. The number of carbonyl (C=O) groups is 1. The van der Waals surface area contributed by atoms with Crippen LogP contribution in [0.2, 0.25) is 0 Å². The topological polar surface area (TPSA) is 96.5 Å². The first kappa shape index (κ1) is 20.5. The zero-order valence-electron chi connectivity index (χ0n) is 17.5. The quantitative estimate of drug-likeness (QED) is 0.662. The molecular weight excluding hydrogens is 396 g/mol. The first-order valence-corrected chi connectivity index (χ1v) is 10.00. The van der Waals surface area contributed by atoms with Crippen LogP contribution in [0.3, 0.4) is 0 Å². The molecule has 2 N–H and O–H groups in total. The van der Waals surface area contributed by atoms with Crippen molar-refractivity contribution in [3.05, 3.63) is 81.5 Å². The fraction of sp³-hybridized carbons (Fsp3) is 0.261. The highest BCUT2D eigenvalue weighted by Gasteiger charge is 2.25. The third-order valence-corrected chi connectivity index (χ3v) is 5.26. The summed E-state index contributed by atoms with van der Waals surface area (Å²) in [6.45, 7) is 0.682. The Balaban J connectivity index is 1.49. The van der Waals surface area contributed by atoms with E-state index in [2.05, 4.69) is 15.3 Å². The lowest BCUT2D eigenvalue weighted by molar-refractivity contribution is 0.205. The van der Waals surface area contributed by atoms with Crippen LogP contribution >= 0.6 is 0 Å². The number of hydrogen-bond donors (Lipinski definition) is 2. The van der Waals surface area contributed by atoms with E-state index in [4.69, 9.17) is 9.47 Å². The van der Waals surface area contributed by atoms with Gasteiger partial charge in [-0.1, -0.05) is 24.3 Å². The number of fused-ring (bicyclic) bond motifs is 1. The minimum atomic E-state index is -0.282. The first-order chi connectivity index (χ1) is 15.1. The molecule has 1 aliphatic rings. The van der Waals surface area contributed by atoms with Crippen LogP contribution in [0.25, 0.3) is 0 Å². The average molecular weight is 420 g/mol. The Labute approximate surface area is 179 Å². The molecule has 0 unspecified atom stereocenters. The van der Waals surface area contributed by atoms with Crippen LogP contribution < -0.4 is 20.3 Å². The first-order valence-electron chi connectivity index (χ1n) is 10.00. The van der Waals surface area contributed by atoms with Gasteiger partial charge in [-0.3, -0.25) is 4.79 Å². The number of urea groups is 1. The number of hydrogen-bond acceptors (Lipinski definition) is 5. The van der Waals surface area contributed by atoms with Gasteiger partial charge in [0.15, 0.2) is 0 Å². The lowest BCUT2D eigenvalue weighted by Crippen LogP contribution is -2.42. The number of nitrogens with one attached hydrogen (secondary N) is 2. The number of benzene rings is 2. The molecule has 2 amide bonds. The van der Waals surface area contributed by atoms with Crippen LogP contribution in [0.5, 0.6) is 11.5 Å². The van der Waals surface area contributed by atoms with E-state index >= 15 is 0 Å². The van der Waals surface area contributed by atoms with E-state index in [0.717, 1.165) is 17.0 Å². The van der Waals surface area contributed by atoms with Gasteiger partial charge < -0.3 is 24.7 Å². The summed E-state index contributed by atoms with van der Waals surface area (Å²) in [6.07, 6.45) is 1.02. The SMILES string of the molecule is COc1cccc(Cc2nc3c(c(=O)[nH]2)CN(C(=O)Nc2ccccc2OC)CC3)c1. The summed E-state index contributed by atoms with van der Waals surface area (Å²) < 4.78 is 10.5. The van der Waals surface area contributed by atoms with Crippen LogP contribution in [0, 0.1) is 0 Å². The van der Waals surface area contributed by atoms with Crippen molar-refractivity contribution in [3.63, 3.8) is 0 Å². The molecule has 0 bridgehead atoms. The fourth-order valence-electron chi connectivity index (χ4n) is 3.65. The van der Waals surface area contributed by atoms with Gasteiger partial charge in [0.1, 0.15) is 17.3 Å². The van der Waals surface area contributed by atoms with Crippen LogP contribution in [0.4, 0.5) is 10.5 Å². The third kappa shape index (κ3) is 4.53. The van der Waals surface area contributed by atoms with Gasteiger partial charge in [-0.15, -0.1) is 0 Å². The molecule has 0 fully saturated rings. The Kier molecular flexibility index (Phi) is 5.88. The summed E-state index contributed by atoms with van der Waals surface area (Å²) in [5, 5.41) is 2.85. The summed E-state index contributed by atoms with van der Waals surface area (Å²) in [7, 11) is 3.17. The Morgan fingerprint density at radius 3 is 2.81 bits per heavy atom. The second-order valence-electron chi connectivity index (χ2n) is 7.27. The molecule has 8 heteroatoms. The van der Waals surface area contributed by atoms with Crippen LogP contribution in [0.15, 0.2) is 53.3 Å². The van der Waals surface area contributed by atoms with Crippen molar-refractivity contribution in [2.45, 2.75) is 19.4 Å². The van der Waals surface area contributed by atoms with Gasteiger partial charge in [0.25, 0.3) is 5.56 Å². The predicted octanol–water partition coefficient (Wildman–Crippen LogP) is 2.97. The van der Waals surface area contributed by atoms with Crippen LogP contribution in [0.1, 0.15) is 22.6 Å². The largest absolute Gasteiger partial charge is 0.497 e. The van der Waals surface area contributed by atoms with Gasteiger partial charge in [-0.25, -0.2) is 9.78 Å². The fourth-order valence-corrected chi connectivity index (χ4v) is 3.65. The zero-order chi connectivity index (χ0) is 21.8. The molecule has 0 atom stereocenters. The Morgan fingerprint density at radius 1 is 1.16 bits per heavy atom. The molecular formula is C23H24N4O4. The second kappa shape index (κ2) is 8.91. The van der Waals surface area contributed by atoms with E-state index in [1.165, 1.54) is 0 Å². The van der Waals surface area contributed by atoms with Crippen molar-refractivity contribution in [1.29, 1.82) is 0 Å². The van der Waals surface area contributed by atoms with Crippen molar-refractivity contribution < 1.29 is 14.3 Å². The number of ether oxygens (including phenoxy) is 2. The second-order valence-corrected chi connectivity index (χ2v) is 7.27. The number of carbonyl (C=O) groups excluding carboxylic acids is 1. The van der Waals surface area contributed by atoms with Gasteiger partial charge in [-0.05, 0) is 29.8 Å². The van der Waals surface area contributed by atoms with Crippen LogP contribution in [-0.2, 0) is 19.4 Å². The smallest absolute Gasteiger partial charge is 0.322 e. The highest BCUT2D eigenvalue weighted by atomic mass is 16.5. The highest BCUT2D eigenvalue weighted by Crippen LogP contribution is 2.24. The van der Waals surface area contributed by atoms with Crippen molar-refractivity contribution in [2.24, 2.45) is 0 Å². The lowest BCUT2D eigenvalue weighted by atomic mass is 10.1. The zero-order valence-corrected chi connectivity index (χ0v) is 17.5. The van der Waals surface area contributed by atoms with Crippen LogP contribution in [-0.4, -0.2) is 41.7 Å². The minimum Gasteiger partial charge on any atom is -0.497 e. The molecule has 2 aromatic carbocycles. The van der Waals surface area contributed by atoms with E-state index in [-0.39, 0.29) is 18.1 Å². The molecule has 31 heavy (non-hydrogen) atoms. The molecule has 8 nitrogen and oxygen atoms in total. The Morgan fingerprint density at radius 2 is 2.00 bits per heavy atom. The molecule has 0 radical (unpaired) electrons. The number of H-pyrrole nitrogens is 1. The molecule has 0 saturated carbocycles. The number of rotatable bonds is 5. The van der Waals surface area contributed by atoms with Crippen molar-refractivity contribution >= 4 is 11.7 Å². The standard InChI is InChI=1S/C23H24N4O4/c1-30-16-7-5-6-15(12-16)13-21-24-18-10-11-27(14-17(18)22(28)26-21)23(29)25-19-8-3-4-9-20(19)31-2/h3-9,12H,10-11,13-14H2,1-2H3,(H,25,29)(H,24,26,28). The molecule has 3 aromatic rings. The van der Waals surface area contributed by atoms with E-state index in [1.807, 2.05) is 36.4 Å². The van der Waals surface area contributed by atoms with Crippen molar-refractivity contribution in [2.75, 3.05) is 26.1 Å². The third-order valence-electron chi connectivity index (χ3n) is 5.26. The Hall–Kier alpha value is -3.81. The minimum absolute atomic E-state index is 0.206. The maximum Gasteiger partial charge on any atom is 0.322 e. The summed E-state index contributed by atoms with van der Waals surface area (Å²) in [5.74, 6) is 1.94. The average Bonchev–Trinajstić information content (AvgIpc) is 2.79. The number of para-hydroxylation sites is 2. The van der Waals surface area contributed by atoms with Crippen molar-refractivity contribution in [1.82, 2.24) is 14.9 Å². The van der Waals surface area contributed by atoms with E-state index in [1.54, 1.807) is 31.3 Å². The summed E-state index contributed by atoms with van der Waals surface area (Å²) in [5.41, 5.74) is 2.63. The number of aromatic amines is 1. The highest BCUT2D eigenvalue weighted by molar-refractivity contribution is 5.91. The van der Waals surface area contributed by atoms with E-state index < -0.39 is 0 Å². The molecule has 2 heterocycles. The maximum absolute atomic E-state index is 12.7. The molecule has 0 aliphatic carbocycles. The summed E-state index contributed by atoms with van der Waals surface area (Å²) in [6, 6.07) is 14.6. The molecule has 0 spiro atoms. The normalized spacial score (nSPS) is 12.8. The monoisotopic (exact) mass is 420 g/mol. The van der Waals surface area contributed by atoms with Gasteiger partial charge in [-0.2, -0.15) is 0 Å².